The molecular weight excluding hydrogens is 429 g/mol. The standard InChI is InChI=1S/C21H19F3N4O2S/c1-12-7-9-14(10-8-12)13(2)27-28-20-26-19(30)17(31-20)11-18(29)25-16-6-4-3-5-15(16)21(22,23)24/h3-10,17H,11H2,1-2H3,(H,25,29)(H,26,28,30)/b27-13+. The lowest BCUT2D eigenvalue weighted by Gasteiger charge is -2.14. The van der Waals surface area contributed by atoms with Crippen LogP contribution in [0.25, 0.3) is 0 Å². The summed E-state index contributed by atoms with van der Waals surface area (Å²) in [5.41, 5.74) is 1.34. The molecule has 0 saturated carbocycles. The molecule has 1 heterocycles. The van der Waals surface area contributed by atoms with Crippen molar-refractivity contribution in [1.82, 2.24) is 5.32 Å². The Morgan fingerprint density at radius 3 is 2.52 bits per heavy atom. The van der Waals surface area contributed by atoms with Gasteiger partial charge in [0.15, 0.2) is 5.17 Å². The second-order valence-electron chi connectivity index (χ2n) is 6.85. The molecule has 10 heteroatoms. The summed E-state index contributed by atoms with van der Waals surface area (Å²) in [7, 11) is 0. The van der Waals surface area contributed by atoms with Crippen LogP contribution in [0.1, 0.15) is 30.0 Å². The fourth-order valence-electron chi connectivity index (χ4n) is 2.77. The Labute approximate surface area is 181 Å². The highest BCUT2D eigenvalue weighted by atomic mass is 32.2. The molecule has 1 aliphatic rings. The fourth-order valence-corrected chi connectivity index (χ4v) is 3.69. The summed E-state index contributed by atoms with van der Waals surface area (Å²) < 4.78 is 39.2. The molecule has 0 radical (unpaired) electrons. The summed E-state index contributed by atoms with van der Waals surface area (Å²) in [6.07, 6.45) is -4.90. The van der Waals surface area contributed by atoms with Gasteiger partial charge in [-0.25, -0.2) is 0 Å². The number of rotatable bonds is 5. The van der Waals surface area contributed by atoms with Crippen molar-refractivity contribution >= 4 is 40.1 Å². The Kier molecular flexibility index (Phi) is 6.79. The van der Waals surface area contributed by atoms with Crippen LogP contribution >= 0.6 is 11.8 Å². The number of thioether (sulfide) groups is 1. The predicted octanol–water partition coefficient (Wildman–Crippen LogP) is 4.35. The lowest BCUT2D eigenvalue weighted by atomic mass is 10.1. The lowest BCUT2D eigenvalue weighted by molar-refractivity contribution is -0.137. The molecule has 1 unspecified atom stereocenters. The largest absolute Gasteiger partial charge is 0.418 e. The first-order chi connectivity index (χ1) is 14.6. The number of carbonyl (C=O) groups excluding carboxylic acids is 2. The van der Waals surface area contributed by atoms with Gasteiger partial charge in [0.25, 0.3) is 0 Å². The summed E-state index contributed by atoms with van der Waals surface area (Å²) in [6, 6.07) is 12.4. The summed E-state index contributed by atoms with van der Waals surface area (Å²) in [5, 5.41) is 12.3. The number of carbonyl (C=O) groups is 2. The van der Waals surface area contributed by atoms with E-state index in [-0.39, 0.29) is 17.3 Å². The zero-order chi connectivity index (χ0) is 22.6. The maximum atomic E-state index is 13.1. The number of alkyl halides is 3. The van der Waals surface area contributed by atoms with E-state index in [0.29, 0.717) is 5.71 Å². The topological polar surface area (TPSA) is 82.9 Å². The van der Waals surface area contributed by atoms with Crippen LogP contribution in [0.2, 0.25) is 0 Å². The van der Waals surface area contributed by atoms with Gasteiger partial charge in [0.1, 0.15) is 5.25 Å². The number of hydrogen-bond acceptors (Lipinski definition) is 5. The maximum Gasteiger partial charge on any atom is 0.418 e. The molecule has 2 N–H and O–H groups in total. The van der Waals surface area contributed by atoms with Gasteiger partial charge in [0.05, 0.1) is 17.0 Å². The zero-order valence-corrected chi connectivity index (χ0v) is 17.5. The Hall–Kier alpha value is -3.14. The van der Waals surface area contributed by atoms with Crippen molar-refractivity contribution in [2.24, 2.45) is 10.2 Å². The van der Waals surface area contributed by atoms with Crippen molar-refractivity contribution in [3.8, 4) is 0 Å². The predicted molar refractivity (Wildman–Crippen MR) is 115 cm³/mol. The number of hydrogen-bond donors (Lipinski definition) is 2. The molecule has 162 valence electrons. The van der Waals surface area contributed by atoms with E-state index in [0.717, 1.165) is 35.0 Å². The number of amidine groups is 1. The van der Waals surface area contributed by atoms with Gasteiger partial charge in [-0.3, -0.25) is 9.59 Å². The SMILES string of the molecule is C/C(=N\N=C1\NC(=O)C(CC(=O)Nc2ccccc2C(F)(F)F)S1)c1ccc(C)cc1. The minimum atomic E-state index is -4.60. The third kappa shape index (κ3) is 5.94. The van der Waals surface area contributed by atoms with Crippen LogP contribution in [0.4, 0.5) is 18.9 Å². The lowest BCUT2D eigenvalue weighted by Crippen LogP contribution is -2.28. The molecule has 31 heavy (non-hydrogen) atoms. The molecule has 2 aromatic rings. The molecule has 1 aliphatic heterocycles. The number of amides is 2. The molecule has 1 saturated heterocycles. The van der Waals surface area contributed by atoms with E-state index >= 15 is 0 Å². The van der Waals surface area contributed by atoms with Crippen LogP contribution in [0.3, 0.4) is 0 Å². The number of anilines is 1. The van der Waals surface area contributed by atoms with E-state index in [4.69, 9.17) is 0 Å². The highest BCUT2D eigenvalue weighted by molar-refractivity contribution is 8.15. The summed E-state index contributed by atoms with van der Waals surface area (Å²) >= 11 is 1.01. The van der Waals surface area contributed by atoms with E-state index in [1.165, 1.54) is 12.1 Å². The van der Waals surface area contributed by atoms with Crippen molar-refractivity contribution in [1.29, 1.82) is 0 Å². The molecular formula is C21H19F3N4O2S. The van der Waals surface area contributed by atoms with Gasteiger partial charge in [-0.15, -0.1) is 5.10 Å². The van der Waals surface area contributed by atoms with Crippen molar-refractivity contribution < 1.29 is 22.8 Å². The molecule has 2 aromatic carbocycles. The van der Waals surface area contributed by atoms with Gasteiger partial charge in [-0.1, -0.05) is 53.7 Å². The number of aryl methyl sites for hydroxylation is 1. The van der Waals surface area contributed by atoms with Gasteiger partial charge in [-0.2, -0.15) is 18.3 Å². The Morgan fingerprint density at radius 2 is 1.84 bits per heavy atom. The van der Waals surface area contributed by atoms with E-state index in [1.807, 2.05) is 31.2 Å². The highest BCUT2D eigenvalue weighted by Crippen LogP contribution is 2.34. The third-order valence-corrected chi connectivity index (χ3v) is 5.49. The monoisotopic (exact) mass is 448 g/mol. The molecule has 0 aromatic heterocycles. The van der Waals surface area contributed by atoms with Crippen LogP contribution in [0.15, 0.2) is 58.7 Å². The van der Waals surface area contributed by atoms with Gasteiger partial charge in [0, 0.05) is 6.42 Å². The van der Waals surface area contributed by atoms with E-state index in [1.54, 1.807) is 6.92 Å². The molecule has 1 fully saturated rings. The van der Waals surface area contributed by atoms with Crippen molar-refractivity contribution in [2.75, 3.05) is 5.32 Å². The van der Waals surface area contributed by atoms with Crippen molar-refractivity contribution in [2.45, 2.75) is 31.7 Å². The molecule has 3 rings (SSSR count). The van der Waals surface area contributed by atoms with Crippen LogP contribution in [-0.4, -0.2) is 27.9 Å². The average Bonchev–Trinajstić information content (AvgIpc) is 3.05. The van der Waals surface area contributed by atoms with Crippen LogP contribution < -0.4 is 10.6 Å². The highest BCUT2D eigenvalue weighted by Gasteiger charge is 2.35. The molecule has 0 spiro atoms. The van der Waals surface area contributed by atoms with Gasteiger partial charge >= 0.3 is 6.18 Å². The fraction of sp³-hybridized carbons (Fsp3) is 0.238. The number of benzene rings is 2. The minimum absolute atomic E-state index is 0.227. The zero-order valence-electron chi connectivity index (χ0n) is 16.7. The summed E-state index contributed by atoms with van der Waals surface area (Å²) in [6.45, 7) is 3.75. The molecule has 0 bridgehead atoms. The van der Waals surface area contributed by atoms with E-state index in [2.05, 4.69) is 20.8 Å². The van der Waals surface area contributed by atoms with Crippen LogP contribution in [0, 0.1) is 6.92 Å². The smallest absolute Gasteiger partial charge is 0.325 e. The van der Waals surface area contributed by atoms with Crippen LogP contribution in [-0.2, 0) is 15.8 Å². The number of nitrogens with one attached hydrogen (secondary N) is 2. The first-order valence-corrected chi connectivity index (χ1v) is 10.1. The van der Waals surface area contributed by atoms with Crippen molar-refractivity contribution in [3.05, 3.63) is 65.2 Å². The summed E-state index contributed by atoms with van der Waals surface area (Å²) in [4.78, 5) is 24.4. The van der Waals surface area contributed by atoms with Crippen molar-refractivity contribution in [3.63, 3.8) is 0 Å². The number of nitrogens with zero attached hydrogens (tertiary/aromatic N) is 2. The molecule has 6 nitrogen and oxygen atoms in total. The second-order valence-corrected chi connectivity index (χ2v) is 8.04. The minimum Gasteiger partial charge on any atom is -0.325 e. The van der Waals surface area contributed by atoms with Gasteiger partial charge in [0.2, 0.25) is 11.8 Å². The van der Waals surface area contributed by atoms with E-state index in [9.17, 15) is 22.8 Å². The molecule has 2 amide bonds. The Balaban J connectivity index is 1.63. The maximum absolute atomic E-state index is 13.1. The molecule has 0 aliphatic carbocycles. The molecule has 1 atom stereocenters. The second kappa shape index (κ2) is 9.34. The summed E-state index contributed by atoms with van der Waals surface area (Å²) in [5.74, 6) is -1.16. The van der Waals surface area contributed by atoms with Gasteiger partial charge < -0.3 is 10.6 Å². The quantitative estimate of drug-likeness (QED) is 0.527. The van der Waals surface area contributed by atoms with Gasteiger partial charge in [-0.05, 0) is 31.5 Å². The first kappa shape index (κ1) is 22.5. The number of halogens is 3. The average molecular weight is 448 g/mol. The normalized spacial score (nSPS) is 18.2. The third-order valence-electron chi connectivity index (χ3n) is 4.41. The first-order valence-electron chi connectivity index (χ1n) is 9.26. The van der Waals surface area contributed by atoms with E-state index < -0.39 is 28.8 Å². The Bertz CT molecular complexity index is 1050. The number of para-hydroxylation sites is 1. The Morgan fingerprint density at radius 1 is 1.16 bits per heavy atom. The van der Waals surface area contributed by atoms with Crippen LogP contribution in [0.5, 0.6) is 0 Å².